The van der Waals surface area contributed by atoms with Gasteiger partial charge in [0.25, 0.3) is 5.91 Å². The molecule has 92 valence electrons. The van der Waals surface area contributed by atoms with E-state index in [9.17, 15) is 4.79 Å². The van der Waals surface area contributed by atoms with Gasteiger partial charge in [-0.3, -0.25) is 4.79 Å². The summed E-state index contributed by atoms with van der Waals surface area (Å²) in [5.41, 5.74) is 0.192. The first-order valence-electron chi connectivity index (χ1n) is 4.69. The first-order valence-corrected chi connectivity index (χ1v) is 5.82. The second-order valence-electron chi connectivity index (χ2n) is 3.17. The maximum absolute atomic E-state index is 11.9. The van der Waals surface area contributed by atoms with Crippen LogP contribution < -0.4 is 5.32 Å². The molecule has 0 atom stereocenters. The van der Waals surface area contributed by atoms with Crippen LogP contribution in [0.4, 0.5) is 5.82 Å². The zero-order valence-corrected chi connectivity index (χ0v) is 11.0. The van der Waals surface area contributed by atoms with Gasteiger partial charge in [0.2, 0.25) is 0 Å². The van der Waals surface area contributed by atoms with Crippen LogP contribution in [0.5, 0.6) is 0 Å². The number of carbonyl (C=O) groups is 1. The molecule has 0 aromatic carbocycles. The summed E-state index contributed by atoms with van der Waals surface area (Å²) in [6.45, 7) is 0. The van der Waals surface area contributed by atoms with Gasteiger partial charge in [-0.25, -0.2) is 4.98 Å². The van der Waals surface area contributed by atoms with Crippen molar-refractivity contribution >= 4 is 46.5 Å². The lowest BCUT2D eigenvalue weighted by Crippen LogP contribution is -2.14. The summed E-state index contributed by atoms with van der Waals surface area (Å²) in [7, 11) is 0. The molecule has 0 bridgehead atoms. The van der Waals surface area contributed by atoms with Gasteiger partial charge in [-0.15, -0.1) is 10.2 Å². The van der Waals surface area contributed by atoms with Crippen LogP contribution in [0.3, 0.4) is 0 Å². The van der Waals surface area contributed by atoms with Crippen LogP contribution in [0, 0.1) is 0 Å². The van der Waals surface area contributed by atoms with Gasteiger partial charge in [-0.1, -0.05) is 34.8 Å². The fourth-order valence-electron chi connectivity index (χ4n) is 1.15. The van der Waals surface area contributed by atoms with E-state index in [1.165, 1.54) is 24.3 Å². The predicted octanol–water partition coefficient (Wildman–Crippen LogP) is 3.08. The van der Waals surface area contributed by atoms with Gasteiger partial charge in [-0.2, -0.15) is 0 Å². The molecule has 2 aromatic heterocycles. The summed E-state index contributed by atoms with van der Waals surface area (Å²) in [6, 6.07) is 5.96. The molecular formula is C10H5Cl3N4O. The van der Waals surface area contributed by atoms with E-state index in [1.807, 2.05) is 0 Å². The van der Waals surface area contributed by atoms with Gasteiger partial charge in [-0.05, 0) is 24.3 Å². The number of aromatic nitrogens is 3. The van der Waals surface area contributed by atoms with Crippen molar-refractivity contribution in [3.63, 3.8) is 0 Å². The van der Waals surface area contributed by atoms with E-state index in [-0.39, 0.29) is 26.8 Å². The average Bonchev–Trinajstić information content (AvgIpc) is 2.32. The maximum Gasteiger partial charge on any atom is 0.259 e. The van der Waals surface area contributed by atoms with Crippen LogP contribution in [0.15, 0.2) is 24.3 Å². The third-order valence-electron chi connectivity index (χ3n) is 1.93. The molecule has 0 spiro atoms. The first kappa shape index (κ1) is 13.0. The fourth-order valence-corrected chi connectivity index (χ4v) is 1.68. The minimum absolute atomic E-state index is 0.0157. The molecule has 0 fully saturated rings. The highest BCUT2D eigenvalue weighted by Crippen LogP contribution is 2.17. The largest absolute Gasteiger partial charge is 0.305 e. The third-order valence-corrected chi connectivity index (χ3v) is 2.63. The highest BCUT2D eigenvalue weighted by molar-refractivity contribution is 6.35. The van der Waals surface area contributed by atoms with Gasteiger partial charge >= 0.3 is 0 Å². The number of anilines is 1. The van der Waals surface area contributed by atoms with E-state index in [0.29, 0.717) is 0 Å². The summed E-state index contributed by atoms with van der Waals surface area (Å²) in [5.74, 6) is -0.198. The minimum atomic E-state index is -0.458. The first-order chi connectivity index (χ1) is 8.56. The highest BCUT2D eigenvalue weighted by atomic mass is 35.5. The number of amides is 1. The molecule has 0 radical (unpaired) electrons. The van der Waals surface area contributed by atoms with Crippen LogP contribution in [0.1, 0.15) is 10.4 Å². The summed E-state index contributed by atoms with van der Waals surface area (Å²) in [6.07, 6.45) is 0. The highest BCUT2D eigenvalue weighted by Gasteiger charge is 2.12. The molecule has 1 amide bonds. The smallest absolute Gasteiger partial charge is 0.259 e. The van der Waals surface area contributed by atoms with E-state index < -0.39 is 5.91 Å². The minimum Gasteiger partial charge on any atom is -0.305 e. The standard InChI is InChI=1S/C10H5Cl3N4O/c11-6-2-1-5(9(13)14-6)10(18)15-8-4-3-7(12)16-17-8/h1-4H,(H,15,17,18). The van der Waals surface area contributed by atoms with Crippen LogP contribution >= 0.6 is 34.8 Å². The Kier molecular flexibility index (Phi) is 3.96. The molecule has 0 unspecified atom stereocenters. The molecule has 18 heavy (non-hydrogen) atoms. The Morgan fingerprint density at radius 3 is 2.33 bits per heavy atom. The third kappa shape index (κ3) is 3.07. The lowest BCUT2D eigenvalue weighted by Gasteiger charge is -2.05. The lowest BCUT2D eigenvalue weighted by molar-refractivity contribution is 0.102. The number of rotatable bonds is 2. The van der Waals surface area contributed by atoms with Crippen molar-refractivity contribution in [3.05, 3.63) is 45.3 Å². The Balaban J connectivity index is 2.19. The number of carbonyl (C=O) groups excluding carboxylic acids is 1. The summed E-state index contributed by atoms with van der Waals surface area (Å²) < 4.78 is 0. The zero-order valence-electron chi connectivity index (χ0n) is 8.69. The molecule has 0 aliphatic rings. The zero-order chi connectivity index (χ0) is 13.1. The van der Waals surface area contributed by atoms with E-state index in [4.69, 9.17) is 34.8 Å². The second kappa shape index (κ2) is 5.48. The molecular weight excluding hydrogens is 298 g/mol. The van der Waals surface area contributed by atoms with Gasteiger partial charge in [0.15, 0.2) is 11.0 Å². The molecule has 5 nitrogen and oxygen atoms in total. The van der Waals surface area contributed by atoms with Gasteiger partial charge in [0.1, 0.15) is 10.3 Å². The SMILES string of the molecule is O=C(Nc1ccc(Cl)nn1)c1ccc(Cl)nc1Cl. The number of nitrogens with zero attached hydrogens (tertiary/aromatic N) is 3. The van der Waals surface area contributed by atoms with E-state index in [2.05, 4.69) is 20.5 Å². The molecule has 0 saturated carbocycles. The van der Waals surface area contributed by atoms with Gasteiger partial charge in [0, 0.05) is 0 Å². The fraction of sp³-hybridized carbons (Fsp3) is 0. The normalized spacial score (nSPS) is 10.2. The summed E-state index contributed by atoms with van der Waals surface area (Å²) >= 11 is 17.0. The van der Waals surface area contributed by atoms with E-state index >= 15 is 0 Å². The molecule has 2 heterocycles. The number of halogens is 3. The van der Waals surface area contributed by atoms with Crippen molar-refractivity contribution in [2.45, 2.75) is 0 Å². The molecule has 0 aliphatic heterocycles. The van der Waals surface area contributed by atoms with Crippen LogP contribution in [-0.4, -0.2) is 21.1 Å². The van der Waals surface area contributed by atoms with Gasteiger partial charge in [0.05, 0.1) is 5.56 Å². The van der Waals surface area contributed by atoms with Crippen molar-refractivity contribution < 1.29 is 4.79 Å². The number of hydrogen-bond donors (Lipinski definition) is 1. The van der Waals surface area contributed by atoms with Crippen molar-refractivity contribution in [3.8, 4) is 0 Å². The Labute approximate surface area is 117 Å². The maximum atomic E-state index is 11.9. The predicted molar refractivity (Wildman–Crippen MR) is 69.3 cm³/mol. The van der Waals surface area contributed by atoms with Gasteiger partial charge < -0.3 is 5.32 Å². The quantitative estimate of drug-likeness (QED) is 0.866. The number of hydrogen-bond acceptors (Lipinski definition) is 4. The number of pyridine rings is 1. The van der Waals surface area contributed by atoms with Crippen LogP contribution in [-0.2, 0) is 0 Å². The van der Waals surface area contributed by atoms with Crippen LogP contribution in [0.2, 0.25) is 15.5 Å². The summed E-state index contributed by atoms with van der Waals surface area (Å²) in [4.78, 5) is 15.6. The molecule has 0 aliphatic carbocycles. The van der Waals surface area contributed by atoms with E-state index in [1.54, 1.807) is 0 Å². The van der Waals surface area contributed by atoms with Crippen molar-refractivity contribution in [1.82, 2.24) is 15.2 Å². The molecule has 1 N–H and O–H groups in total. The topological polar surface area (TPSA) is 67.8 Å². The molecule has 2 rings (SSSR count). The Hall–Kier alpha value is -1.43. The van der Waals surface area contributed by atoms with Crippen molar-refractivity contribution in [2.24, 2.45) is 0 Å². The Bertz CT molecular complexity index is 588. The average molecular weight is 304 g/mol. The molecule has 2 aromatic rings. The molecule has 8 heteroatoms. The van der Waals surface area contributed by atoms with Crippen LogP contribution in [0.25, 0.3) is 0 Å². The lowest BCUT2D eigenvalue weighted by atomic mass is 10.2. The monoisotopic (exact) mass is 302 g/mol. The van der Waals surface area contributed by atoms with E-state index in [0.717, 1.165) is 0 Å². The second-order valence-corrected chi connectivity index (χ2v) is 4.30. The number of nitrogens with one attached hydrogen (secondary N) is 1. The summed E-state index contributed by atoms with van der Waals surface area (Å²) in [5, 5.41) is 10.2. The Morgan fingerprint density at radius 1 is 1.00 bits per heavy atom. The van der Waals surface area contributed by atoms with Crippen molar-refractivity contribution in [2.75, 3.05) is 5.32 Å². The molecule has 0 saturated heterocycles. The Morgan fingerprint density at radius 2 is 1.72 bits per heavy atom. The van der Waals surface area contributed by atoms with Crippen molar-refractivity contribution in [1.29, 1.82) is 0 Å².